The average Bonchev–Trinajstić information content (AvgIpc) is 2.67. The van der Waals surface area contributed by atoms with Crippen LogP contribution in [-0.4, -0.2) is 28.2 Å². The molecule has 1 aliphatic heterocycles. The second kappa shape index (κ2) is 4.70. The number of aliphatic hydroxyl groups is 1. The molecular formula is C13H18N2OS. The molecule has 0 radical (unpaired) electrons. The second-order valence-electron chi connectivity index (χ2n) is 4.75. The predicted molar refractivity (Wildman–Crippen MR) is 74.9 cm³/mol. The third-order valence-corrected chi connectivity index (χ3v) is 4.18. The van der Waals surface area contributed by atoms with Crippen LogP contribution in [0.5, 0.6) is 0 Å². The van der Waals surface area contributed by atoms with Crippen LogP contribution in [0.2, 0.25) is 0 Å². The normalized spacial score (nSPS) is 23.6. The summed E-state index contributed by atoms with van der Waals surface area (Å²) < 4.78 is 0. The number of benzene rings is 1. The molecule has 0 saturated heterocycles. The predicted octanol–water partition coefficient (Wildman–Crippen LogP) is 2.57. The number of hydrogen-bond donors (Lipinski definition) is 2. The molecule has 4 heteroatoms. The van der Waals surface area contributed by atoms with Gasteiger partial charge in [-0.1, -0.05) is 30.0 Å². The van der Waals surface area contributed by atoms with E-state index in [1.54, 1.807) is 11.8 Å². The molecule has 1 aromatic rings. The summed E-state index contributed by atoms with van der Waals surface area (Å²) in [7, 11) is 0. The molecule has 3 nitrogen and oxygen atoms in total. The lowest BCUT2D eigenvalue weighted by atomic mass is 10.1. The van der Waals surface area contributed by atoms with Crippen molar-refractivity contribution in [3.05, 3.63) is 29.3 Å². The van der Waals surface area contributed by atoms with Crippen molar-refractivity contribution >= 4 is 22.6 Å². The maximum atomic E-state index is 9.27. The van der Waals surface area contributed by atoms with Crippen LogP contribution in [0, 0.1) is 13.8 Å². The summed E-state index contributed by atoms with van der Waals surface area (Å²) in [6.07, 6.45) is 0. The molecule has 2 N–H and O–H groups in total. The number of aliphatic hydroxyl groups excluding tert-OH is 1. The molecule has 0 aromatic heterocycles. The molecule has 1 unspecified atom stereocenters. The number of aliphatic imine (C=N–C) groups is 1. The summed E-state index contributed by atoms with van der Waals surface area (Å²) in [5, 5.41) is 13.5. The summed E-state index contributed by atoms with van der Waals surface area (Å²) in [4.78, 5) is 4.53. The van der Waals surface area contributed by atoms with Crippen LogP contribution >= 0.6 is 11.8 Å². The van der Waals surface area contributed by atoms with Crippen molar-refractivity contribution in [1.29, 1.82) is 0 Å². The van der Waals surface area contributed by atoms with E-state index in [1.165, 1.54) is 11.1 Å². The van der Waals surface area contributed by atoms with Crippen LogP contribution in [0.1, 0.15) is 18.1 Å². The fraction of sp³-hybridized carbons (Fsp3) is 0.462. The summed E-state index contributed by atoms with van der Waals surface area (Å²) in [5.41, 5.74) is 3.22. The van der Waals surface area contributed by atoms with E-state index in [-0.39, 0.29) is 12.1 Å². The molecule has 0 amide bonds. The van der Waals surface area contributed by atoms with Crippen LogP contribution < -0.4 is 5.32 Å². The van der Waals surface area contributed by atoms with Crippen LogP contribution in [0.3, 0.4) is 0 Å². The lowest BCUT2D eigenvalue weighted by Gasteiger charge is -2.14. The number of nitrogens with one attached hydrogen (secondary N) is 1. The van der Waals surface area contributed by atoms with E-state index >= 15 is 0 Å². The van der Waals surface area contributed by atoms with Gasteiger partial charge in [-0.15, -0.1) is 0 Å². The number of thioether (sulfide) groups is 1. The van der Waals surface area contributed by atoms with Gasteiger partial charge in [0.2, 0.25) is 0 Å². The Morgan fingerprint density at radius 2 is 2.06 bits per heavy atom. The highest BCUT2D eigenvalue weighted by atomic mass is 32.2. The minimum absolute atomic E-state index is 0.0952. The van der Waals surface area contributed by atoms with E-state index in [9.17, 15) is 5.11 Å². The molecule has 0 fully saturated rings. The van der Waals surface area contributed by atoms with E-state index in [0.717, 1.165) is 16.6 Å². The third kappa shape index (κ3) is 2.64. The first-order valence-corrected chi connectivity index (χ1v) is 6.69. The maximum Gasteiger partial charge on any atom is 0.161 e. The summed E-state index contributed by atoms with van der Waals surface area (Å²) >= 11 is 1.67. The first-order chi connectivity index (χ1) is 8.04. The Morgan fingerprint density at radius 1 is 1.41 bits per heavy atom. The molecule has 0 spiro atoms. The average molecular weight is 250 g/mol. The Labute approximate surface area is 106 Å². The molecule has 1 atom stereocenters. The Morgan fingerprint density at radius 3 is 2.59 bits per heavy atom. The molecule has 1 aliphatic rings. The lowest BCUT2D eigenvalue weighted by molar-refractivity contribution is 0.227. The highest BCUT2D eigenvalue weighted by Gasteiger charge is 2.30. The number of rotatable bonds is 2. The van der Waals surface area contributed by atoms with Crippen molar-refractivity contribution in [2.24, 2.45) is 4.99 Å². The van der Waals surface area contributed by atoms with E-state index in [1.807, 2.05) is 6.92 Å². The van der Waals surface area contributed by atoms with Crippen LogP contribution in [-0.2, 0) is 0 Å². The van der Waals surface area contributed by atoms with Gasteiger partial charge in [-0.05, 0) is 31.9 Å². The number of hydrogen-bond acceptors (Lipinski definition) is 4. The number of amidine groups is 1. The Hall–Kier alpha value is -1.000. The molecule has 17 heavy (non-hydrogen) atoms. The van der Waals surface area contributed by atoms with Gasteiger partial charge in [-0.3, -0.25) is 4.99 Å². The van der Waals surface area contributed by atoms with Gasteiger partial charge in [0.25, 0.3) is 0 Å². The van der Waals surface area contributed by atoms with Gasteiger partial charge in [0.1, 0.15) is 0 Å². The molecule has 1 heterocycles. The fourth-order valence-corrected chi connectivity index (χ4v) is 2.86. The molecule has 0 aliphatic carbocycles. The molecule has 2 rings (SSSR count). The molecular weight excluding hydrogens is 232 g/mol. The first kappa shape index (κ1) is 12.5. The van der Waals surface area contributed by atoms with Gasteiger partial charge in [0.05, 0.1) is 12.1 Å². The Balaban J connectivity index is 2.20. The molecule has 92 valence electrons. The standard InChI is InChI=1S/C13H18N2OS/c1-9-5-4-6-10(2)11(9)14-12-15-13(3,7-16)8-17-12/h4-6,16H,7-8H2,1-3H3,(H,14,15). The quantitative estimate of drug-likeness (QED) is 0.848. The minimum Gasteiger partial charge on any atom is -0.394 e. The van der Waals surface area contributed by atoms with E-state index in [2.05, 4.69) is 42.4 Å². The van der Waals surface area contributed by atoms with Crippen molar-refractivity contribution < 1.29 is 5.11 Å². The zero-order valence-electron chi connectivity index (χ0n) is 10.4. The van der Waals surface area contributed by atoms with Gasteiger partial charge in [0, 0.05) is 11.4 Å². The van der Waals surface area contributed by atoms with Crippen LogP contribution in [0.25, 0.3) is 0 Å². The number of anilines is 1. The zero-order valence-corrected chi connectivity index (χ0v) is 11.3. The van der Waals surface area contributed by atoms with Crippen molar-refractivity contribution in [2.45, 2.75) is 26.3 Å². The topological polar surface area (TPSA) is 44.6 Å². The summed E-state index contributed by atoms with van der Waals surface area (Å²) in [6.45, 7) is 6.23. The smallest absolute Gasteiger partial charge is 0.161 e. The van der Waals surface area contributed by atoms with Gasteiger partial charge in [0.15, 0.2) is 5.17 Å². The SMILES string of the molecule is Cc1cccc(C)c1NC1=NC(C)(CO)CS1. The fourth-order valence-electron chi connectivity index (χ4n) is 1.80. The maximum absolute atomic E-state index is 9.27. The number of aryl methyl sites for hydroxylation is 2. The Bertz CT molecular complexity index is 438. The Kier molecular flexibility index (Phi) is 3.45. The minimum atomic E-state index is -0.330. The van der Waals surface area contributed by atoms with Gasteiger partial charge < -0.3 is 10.4 Å². The van der Waals surface area contributed by atoms with Gasteiger partial charge in [-0.2, -0.15) is 0 Å². The lowest BCUT2D eigenvalue weighted by Crippen LogP contribution is -2.27. The van der Waals surface area contributed by atoms with Crippen LogP contribution in [0.15, 0.2) is 23.2 Å². The summed E-state index contributed by atoms with van der Waals surface area (Å²) in [5.74, 6) is 0.830. The van der Waals surface area contributed by atoms with Gasteiger partial charge in [-0.25, -0.2) is 0 Å². The molecule has 0 bridgehead atoms. The highest BCUT2D eigenvalue weighted by Crippen LogP contribution is 2.29. The van der Waals surface area contributed by atoms with Crippen LogP contribution in [0.4, 0.5) is 5.69 Å². The molecule has 1 aromatic carbocycles. The van der Waals surface area contributed by atoms with Crippen molar-refractivity contribution in [3.8, 4) is 0 Å². The number of nitrogens with zero attached hydrogens (tertiary/aromatic N) is 1. The third-order valence-electron chi connectivity index (χ3n) is 2.94. The molecule has 0 saturated carbocycles. The largest absolute Gasteiger partial charge is 0.394 e. The number of para-hydroxylation sites is 1. The first-order valence-electron chi connectivity index (χ1n) is 5.71. The van der Waals surface area contributed by atoms with Crippen molar-refractivity contribution in [2.75, 3.05) is 17.7 Å². The highest BCUT2D eigenvalue weighted by molar-refractivity contribution is 8.14. The van der Waals surface area contributed by atoms with E-state index in [4.69, 9.17) is 0 Å². The van der Waals surface area contributed by atoms with E-state index < -0.39 is 0 Å². The van der Waals surface area contributed by atoms with Crippen molar-refractivity contribution in [1.82, 2.24) is 0 Å². The summed E-state index contributed by atoms with van der Waals surface area (Å²) in [6, 6.07) is 6.22. The van der Waals surface area contributed by atoms with Crippen molar-refractivity contribution in [3.63, 3.8) is 0 Å². The second-order valence-corrected chi connectivity index (χ2v) is 5.72. The van der Waals surface area contributed by atoms with Gasteiger partial charge >= 0.3 is 0 Å². The zero-order chi connectivity index (χ0) is 12.5. The van der Waals surface area contributed by atoms with E-state index in [0.29, 0.717) is 0 Å². The monoisotopic (exact) mass is 250 g/mol.